The maximum atomic E-state index is 11.4. The van der Waals surface area contributed by atoms with Crippen LogP contribution in [0.2, 0.25) is 5.02 Å². The van der Waals surface area contributed by atoms with Gasteiger partial charge in [-0.15, -0.1) is 0 Å². The first kappa shape index (κ1) is 13.0. The Bertz CT molecular complexity index is 461. The molecule has 0 aromatic heterocycles. The van der Waals surface area contributed by atoms with Crippen LogP contribution in [0.3, 0.4) is 0 Å². The molecule has 0 aliphatic carbocycles. The number of phenols is 1. The van der Waals surface area contributed by atoms with Crippen LogP contribution in [0.1, 0.15) is 10.4 Å². The molecule has 0 heterocycles. The lowest BCUT2D eigenvalue weighted by atomic mass is 10.1. The van der Waals surface area contributed by atoms with Crippen LogP contribution in [0.5, 0.6) is 5.75 Å². The number of ketones is 1. The molecule has 0 spiro atoms. The molecule has 0 atom stereocenters. The first-order valence-electron chi connectivity index (χ1n) is 3.84. The van der Waals surface area contributed by atoms with Crippen molar-refractivity contribution >= 4 is 46.3 Å². The second kappa shape index (κ2) is 4.86. The lowest BCUT2D eigenvalue weighted by molar-refractivity contribution is -0.385. The summed E-state index contributed by atoms with van der Waals surface area (Å²) in [6.45, 7) is 0. The van der Waals surface area contributed by atoms with E-state index in [-0.39, 0.29) is 10.6 Å². The highest BCUT2D eigenvalue weighted by Gasteiger charge is 2.23. The normalized spacial score (nSPS) is 10.5. The fourth-order valence-electron chi connectivity index (χ4n) is 0.992. The second-order valence-electron chi connectivity index (χ2n) is 2.75. The molecule has 0 saturated carbocycles. The number of hydrogen-bond donors (Lipinski definition) is 1. The number of halogens is 3. The SMILES string of the molecule is O=C(c1cc(Cl)c(O)c([N+](=O)[O-])c1)C(Cl)Cl. The van der Waals surface area contributed by atoms with Gasteiger partial charge in [0.2, 0.25) is 5.75 Å². The van der Waals surface area contributed by atoms with E-state index in [1.54, 1.807) is 0 Å². The molecule has 86 valence electrons. The molecule has 1 rings (SSSR count). The zero-order valence-electron chi connectivity index (χ0n) is 7.49. The molecule has 0 radical (unpaired) electrons. The van der Waals surface area contributed by atoms with Crippen molar-refractivity contribution in [1.82, 2.24) is 0 Å². The fraction of sp³-hybridized carbons (Fsp3) is 0.125. The minimum atomic E-state index is -1.35. The molecular formula is C8H4Cl3NO4. The number of hydrogen-bond acceptors (Lipinski definition) is 4. The van der Waals surface area contributed by atoms with Gasteiger partial charge in [-0.05, 0) is 6.07 Å². The van der Waals surface area contributed by atoms with E-state index in [1.165, 1.54) is 0 Å². The zero-order chi connectivity index (χ0) is 12.5. The Morgan fingerprint density at radius 2 is 2.00 bits per heavy atom. The summed E-state index contributed by atoms with van der Waals surface area (Å²) in [6.07, 6.45) is 0. The average Bonchev–Trinajstić information content (AvgIpc) is 2.20. The van der Waals surface area contributed by atoms with E-state index in [4.69, 9.17) is 34.8 Å². The molecule has 5 nitrogen and oxygen atoms in total. The van der Waals surface area contributed by atoms with Crippen molar-refractivity contribution in [3.63, 3.8) is 0 Å². The highest BCUT2D eigenvalue weighted by molar-refractivity contribution is 6.55. The molecule has 16 heavy (non-hydrogen) atoms. The van der Waals surface area contributed by atoms with Crippen LogP contribution in [-0.2, 0) is 0 Å². The fourth-order valence-corrected chi connectivity index (χ4v) is 1.46. The number of carbonyl (C=O) groups is 1. The Labute approximate surface area is 105 Å². The molecule has 1 aromatic rings. The van der Waals surface area contributed by atoms with Crippen molar-refractivity contribution in [1.29, 1.82) is 0 Å². The lowest BCUT2D eigenvalue weighted by Gasteiger charge is -2.04. The van der Waals surface area contributed by atoms with Gasteiger partial charge >= 0.3 is 5.69 Å². The molecule has 0 unspecified atom stereocenters. The van der Waals surface area contributed by atoms with E-state index >= 15 is 0 Å². The van der Waals surface area contributed by atoms with E-state index < -0.39 is 27.0 Å². The molecule has 1 aromatic carbocycles. The zero-order valence-corrected chi connectivity index (χ0v) is 9.75. The summed E-state index contributed by atoms with van der Waals surface area (Å²) in [5, 5.41) is 19.5. The summed E-state index contributed by atoms with van der Waals surface area (Å²) in [6, 6.07) is 1.92. The highest BCUT2D eigenvalue weighted by atomic mass is 35.5. The van der Waals surface area contributed by atoms with Crippen LogP contribution < -0.4 is 0 Å². The monoisotopic (exact) mass is 283 g/mol. The molecule has 0 saturated heterocycles. The third kappa shape index (κ3) is 2.55. The average molecular weight is 284 g/mol. The van der Waals surface area contributed by atoms with Gasteiger partial charge in [0, 0.05) is 11.6 Å². The number of nitro benzene ring substituents is 1. The van der Waals surface area contributed by atoms with Crippen molar-refractivity contribution in [3.05, 3.63) is 32.8 Å². The summed E-state index contributed by atoms with van der Waals surface area (Å²) in [5.41, 5.74) is -0.811. The van der Waals surface area contributed by atoms with Crippen LogP contribution >= 0.6 is 34.8 Å². The molecular weight excluding hydrogens is 280 g/mol. The molecule has 0 fully saturated rings. The largest absolute Gasteiger partial charge is 0.501 e. The van der Waals surface area contributed by atoms with Crippen molar-refractivity contribution in [2.45, 2.75) is 4.84 Å². The molecule has 8 heteroatoms. The molecule has 0 bridgehead atoms. The Morgan fingerprint density at radius 3 is 2.44 bits per heavy atom. The van der Waals surface area contributed by atoms with E-state index in [0.29, 0.717) is 0 Å². The predicted molar refractivity (Wildman–Crippen MR) is 59.6 cm³/mol. The number of benzene rings is 1. The van der Waals surface area contributed by atoms with E-state index in [2.05, 4.69) is 0 Å². The maximum Gasteiger partial charge on any atom is 0.313 e. The van der Waals surface area contributed by atoms with Gasteiger partial charge in [-0.1, -0.05) is 34.8 Å². The quantitative estimate of drug-likeness (QED) is 0.400. The van der Waals surface area contributed by atoms with Gasteiger partial charge in [-0.2, -0.15) is 0 Å². The van der Waals surface area contributed by atoms with Crippen LogP contribution in [-0.4, -0.2) is 20.6 Å². The Balaban J connectivity index is 3.35. The van der Waals surface area contributed by atoms with Crippen LogP contribution in [0.25, 0.3) is 0 Å². The van der Waals surface area contributed by atoms with Crippen LogP contribution in [0.15, 0.2) is 12.1 Å². The minimum absolute atomic E-state index is 0.135. The van der Waals surface area contributed by atoms with Gasteiger partial charge in [-0.3, -0.25) is 14.9 Å². The van der Waals surface area contributed by atoms with Crippen LogP contribution in [0.4, 0.5) is 5.69 Å². The summed E-state index contributed by atoms with van der Waals surface area (Å²) in [7, 11) is 0. The van der Waals surface area contributed by atoms with Crippen molar-refractivity contribution in [2.75, 3.05) is 0 Å². The Kier molecular flexibility index (Phi) is 3.96. The molecule has 0 aliphatic heterocycles. The second-order valence-corrected chi connectivity index (χ2v) is 4.25. The van der Waals surface area contributed by atoms with Crippen molar-refractivity contribution in [3.8, 4) is 5.75 Å². The van der Waals surface area contributed by atoms with Gasteiger partial charge in [0.05, 0.1) is 9.95 Å². The first-order chi connectivity index (χ1) is 7.34. The van der Waals surface area contributed by atoms with Gasteiger partial charge in [0.25, 0.3) is 0 Å². The smallest absolute Gasteiger partial charge is 0.313 e. The van der Waals surface area contributed by atoms with Gasteiger partial charge in [0.1, 0.15) is 0 Å². The van der Waals surface area contributed by atoms with Crippen LogP contribution in [0, 0.1) is 10.1 Å². The van der Waals surface area contributed by atoms with Gasteiger partial charge in [-0.25, -0.2) is 0 Å². The minimum Gasteiger partial charge on any atom is -0.501 e. The number of carbonyl (C=O) groups excluding carboxylic acids is 1. The number of Topliss-reactive ketones (excluding diaryl/α,β-unsaturated/α-hetero) is 1. The van der Waals surface area contributed by atoms with Gasteiger partial charge < -0.3 is 5.11 Å². The molecule has 0 amide bonds. The van der Waals surface area contributed by atoms with Crippen molar-refractivity contribution < 1.29 is 14.8 Å². The standard InChI is InChI=1S/C8H4Cl3NO4/c9-4-1-3(6(13)8(10)11)2-5(7(4)14)12(15)16/h1-2,8,14H. The summed E-state index contributed by atoms with van der Waals surface area (Å²) >= 11 is 16.2. The Morgan fingerprint density at radius 1 is 1.44 bits per heavy atom. The summed E-state index contributed by atoms with van der Waals surface area (Å²) in [5.74, 6) is -1.43. The van der Waals surface area contributed by atoms with Gasteiger partial charge in [0.15, 0.2) is 10.6 Å². The summed E-state index contributed by atoms with van der Waals surface area (Å²) in [4.78, 5) is 19.7. The lowest BCUT2D eigenvalue weighted by Crippen LogP contribution is -2.08. The number of aromatic hydroxyl groups is 1. The van der Waals surface area contributed by atoms with E-state index in [0.717, 1.165) is 12.1 Å². The number of nitrogens with zero attached hydrogens (tertiary/aromatic N) is 1. The van der Waals surface area contributed by atoms with Crippen molar-refractivity contribution in [2.24, 2.45) is 0 Å². The third-order valence-electron chi connectivity index (χ3n) is 1.72. The number of rotatable bonds is 3. The molecule has 1 N–H and O–H groups in total. The third-order valence-corrected chi connectivity index (χ3v) is 2.41. The number of phenolic OH excluding ortho intramolecular Hbond substituents is 1. The molecule has 0 aliphatic rings. The van der Waals surface area contributed by atoms with E-state index in [1.807, 2.05) is 0 Å². The number of alkyl halides is 2. The predicted octanol–water partition coefficient (Wildman–Crippen LogP) is 2.94. The topological polar surface area (TPSA) is 80.4 Å². The first-order valence-corrected chi connectivity index (χ1v) is 5.09. The number of nitro groups is 1. The summed E-state index contributed by atoms with van der Waals surface area (Å²) < 4.78 is 0. The maximum absolute atomic E-state index is 11.4. The Hall–Kier alpha value is -1.04. The van der Waals surface area contributed by atoms with E-state index in [9.17, 15) is 20.0 Å². The highest BCUT2D eigenvalue weighted by Crippen LogP contribution is 2.35.